The number of nitrogens with zero attached hydrogens (tertiary/aromatic N) is 2. The van der Waals surface area contributed by atoms with Crippen LogP contribution in [0.4, 0.5) is 17.1 Å². The molecule has 36 heavy (non-hydrogen) atoms. The second-order valence-corrected chi connectivity index (χ2v) is 9.04. The minimum Gasteiger partial charge on any atom is -0.309 e. The fraction of sp³-hybridized carbons (Fsp3) is 0. The number of hydrogen-bond donors (Lipinski definition) is 0. The summed E-state index contributed by atoms with van der Waals surface area (Å²) in [5, 5.41) is 4.94. The molecule has 7 aromatic rings. The van der Waals surface area contributed by atoms with Crippen molar-refractivity contribution in [3.05, 3.63) is 146 Å². The van der Waals surface area contributed by atoms with Gasteiger partial charge < -0.3 is 9.47 Å². The zero-order valence-electron chi connectivity index (χ0n) is 19.8. The first-order valence-electron chi connectivity index (χ1n) is 12.3. The van der Waals surface area contributed by atoms with Gasteiger partial charge in [0.25, 0.3) is 0 Å². The smallest absolute Gasteiger partial charge is 0.0640 e. The highest BCUT2D eigenvalue weighted by atomic mass is 15.1. The van der Waals surface area contributed by atoms with Gasteiger partial charge in [-0.05, 0) is 53.9 Å². The molecule has 1 heterocycles. The van der Waals surface area contributed by atoms with E-state index in [-0.39, 0.29) is 0 Å². The third-order valence-electron chi connectivity index (χ3n) is 6.92. The Morgan fingerprint density at radius 1 is 0.444 bits per heavy atom. The molecular formula is C34H24N2. The molecule has 0 aliphatic heterocycles. The van der Waals surface area contributed by atoms with Gasteiger partial charge in [0, 0.05) is 33.2 Å². The molecule has 2 heteroatoms. The van der Waals surface area contributed by atoms with Gasteiger partial charge in [-0.2, -0.15) is 0 Å². The summed E-state index contributed by atoms with van der Waals surface area (Å²) in [6, 6.07) is 51.9. The average molecular weight is 461 g/mol. The zero-order chi connectivity index (χ0) is 23.9. The minimum atomic E-state index is 1.14. The summed E-state index contributed by atoms with van der Waals surface area (Å²) in [5.74, 6) is 0. The summed E-state index contributed by atoms with van der Waals surface area (Å²) < 4.78 is 2.40. The second-order valence-electron chi connectivity index (χ2n) is 9.04. The van der Waals surface area contributed by atoms with Crippen LogP contribution in [0.25, 0.3) is 38.3 Å². The molecule has 0 unspecified atom stereocenters. The maximum Gasteiger partial charge on any atom is 0.0640 e. The first kappa shape index (κ1) is 20.5. The molecule has 0 aliphatic rings. The van der Waals surface area contributed by atoms with Crippen LogP contribution in [0.5, 0.6) is 0 Å². The van der Waals surface area contributed by atoms with Gasteiger partial charge in [-0.25, -0.2) is 0 Å². The van der Waals surface area contributed by atoms with Crippen molar-refractivity contribution in [2.75, 3.05) is 4.90 Å². The highest BCUT2D eigenvalue weighted by Gasteiger charge is 2.23. The van der Waals surface area contributed by atoms with Crippen LogP contribution in [-0.2, 0) is 0 Å². The number of benzene rings is 6. The van der Waals surface area contributed by atoms with Crippen LogP contribution < -0.4 is 4.90 Å². The third kappa shape index (κ3) is 3.19. The summed E-state index contributed by atoms with van der Waals surface area (Å²) >= 11 is 0. The number of para-hydroxylation sites is 4. The Morgan fingerprint density at radius 2 is 0.972 bits per heavy atom. The van der Waals surface area contributed by atoms with E-state index in [1.54, 1.807) is 0 Å². The molecular weight excluding hydrogens is 436 g/mol. The van der Waals surface area contributed by atoms with Crippen molar-refractivity contribution in [1.29, 1.82) is 0 Å². The first-order valence-corrected chi connectivity index (χ1v) is 12.3. The predicted octanol–water partition coefficient (Wildman–Crippen LogP) is 9.41. The number of anilines is 3. The molecule has 0 bridgehead atoms. The Kier molecular flexibility index (Phi) is 4.82. The largest absolute Gasteiger partial charge is 0.309 e. The molecule has 170 valence electrons. The Balaban J connectivity index is 1.71. The maximum absolute atomic E-state index is 2.41. The predicted molar refractivity (Wildman–Crippen MR) is 153 cm³/mol. The lowest BCUT2D eigenvalue weighted by Crippen LogP contribution is -2.11. The molecule has 0 spiro atoms. The Hall–Kier alpha value is -4.82. The van der Waals surface area contributed by atoms with Crippen LogP contribution in [-0.4, -0.2) is 4.57 Å². The van der Waals surface area contributed by atoms with E-state index in [2.05, 4.69) is 155 Å². The monoisotopic (exact) mass is 460 g/mol. The summed E-state index contributed by atoms with van der Waals surface area (Å²) in [6.45, 7) is 0. The van der Waals surface area contributed by atoms with Crippen LogP contribution >= 0.6 is 0 Å². The second kappa shape index (κ2) is 8.44. The average Bonchev–Trinajstić information content (AvgIpc) is 3.28. The third-order valence-corrected chi connectivity index (χ3v) is 6.92. The topological polar surface area (TPSA) is 8.17 Å². The molecule has 0 amide bonds. The van der Waals surface area contributed by atoms with Crippen LogP contribution in [0.1, 0.15) is 0 Å². The van der Waals surface area contributed by atoms with Crippen molar-refractivity contribution in [3.8, 4) is 5.69 Å². The van der Waals surface area contributed by atoms with Crippen molar-refractivity contribution in [1.82, 2.24) is 4.57 Å². The number of aromatic nitrogens is 1. The van der Waals surface area contributed by atoms with Gasteiger partial charge in [0.2, 0.25) is 0 Å². The number of rotatable bonds is 4. The molecule has 7 rings (SSSR count). The number of hydrogen-bond acceptors (Lipinski definition) is 1. The highest BCUT2D eigenvalue weighted by Crippen LogP contribution is 2.47. The molecule has 0 radical (unpaired) electrons. The van der Waals surface area contributed by atoms with E-state index in [1.807, 2.05) is 0 Å². The Labute approximate surface area is 210 Å². The molecule has 6 aromatic carbocycles. The summed E-state index contributed by atoms with van der Waals surface area (Å²) in [4.78, 5) is 2.41. The first-order chi connectivity index (χ1) is 17.9. The Morgan fingerprint density at radius 3 is 1.64 bits per heavy atom. The molecule has 0 atom stereocenters. The molecule has 0 saturated heterocycles. The van der Waals surface area contributed by atoms with Gasteiger partial charge in [-0.3, -0.25) is 0 Å². The lowest BCUT2D eigenvalue weighted by molar-refractivity contribution is 1.18. The van der Waals surface area contributed by atoms with Crippen molar-refractivity contribution in [2.45, 2.75) is 0 Å². The van der Waals surface area contributed by atoms with Gasteiger partial charge in [0.05, 0.1) is 16.7 Å². The fourth-order valence-electron chi connectivity index (χ4n) is 5.41. The summed E-state index contributed by atoms with van der Waals surface area (Å²) in [7, 11) is 0. The van der Waals surface area contributed by atoms with Crippen molar-refractivity contribution >= 4 is 49.6 Å². The molecule has 0 fully saturated rings. The van der Waals surface area contributed by atoms with Gasteiger partial charge >= 0.3 is 0 Å². The van der Waals surface area contributed by atoms with E-state index in [9.17, 15) is 0 Å². The molecule has 0 aliphatic carbocycles. The maximum atomic E-state index is 2.41. The number of fused-ring (bicyclic) bond motifs is 4. The zero-order valence-corrected chi connectivity index (χ0v) is 19.8. The van der Waals surface area contributed by atoms with Crippen molar-refractivity contribution in [2.24, 2.45) is 0 Å². The van der Waals surface area contributed by atoms with E-state index >= 15 is 0 Å². The normalized spacial score (nSPS) is 11.3. The molecule has 0 saturated carbocycles. The highest BCUT2D eigenvalue weighted by molar-refractivity contribution is 6.23. The van der Waals surface area contributed by atoms with Gasteiger partial charge in [-0.15, -0.1) is 0 Å². The SMILES string of the molecule is c1ccc(N(c2ccccc2)c2c3ccccc3cc3c2c2ccccc2n3-c2ccccc2)cc1. The van der Waals surface area contributed by atoms with Crippen LogP contribution in [0, 0.1) is 0 Å². The van der Waals surface area contributed by atoms with Gasteiger partial charge in [0.1, 0.15) is 0 Å². The van der Waals surface area contributed by atoms with Crippen LogP contribution in [0.3, 0.4) is 0 Å². The lowest BCUT2D eigenvalue weighted by Gasteiger charge is -2.28. The van der Waals surface area contributed by atoms with Crippen molar-refractivity contribution < 1.29 is 0 Å². The van der Waals surface area contributed by atoms with E-state index in [0.717, 1.165) is 17.1 Å². The van der Waals surface area contributed by atoms with Crippen LogP contribution in [0.15, 0.2) is 146 Å². The summed E-state index contributed by atoms with van der Waals surface area (Å²) in [5.41, 5.74) is 7.04. The lowest BCUT2D eigenvalue weighted by atomic mass is 10.0. The van der Waals surface area contributed by atoms with E-state index in [0.29, 0.717) is 0 Å². The quantitative estimate of drug-likeness (QED) is 0.254. The Bertz CT molecular complexity index is 1780. The van der Waals surface area contributed by atoms with Crippen molar-refractivity contribution in [3.63, 3.8) is 0 Å². The molecule has 0 N–H and O–H groups in total. The van der Waals surface area contributed by atoms with E-state index in [4.69, 9.17) is 0 Å². The molecule has 2 nitrogen and oxygen atoms in total. The van der Waals surface area contributed by atoms with Gasteiger partial charge in [0.15, 0.2) is 0 Å². The van der Waals surface area contributed by atoms with Gasteiger partial charge in [-0.1, -0.05) is 97.1 Å². The summed E-state index contributed by atoms with van der Waals surface area (Å²) in [6.07, 6.45) is 0. The van der Waals surface area contributed by atoms with Crippen LogP contribution in [0.2, 0.25) is 0 Å². The standard InChI is InChI=1S/C34H24N2/c1-4-15-26(16-5-1)35(27-17-6-2-7-18-27)34-29-21-11-10-14-25(29)24-32-33(34)30-22-12-13-23-31(30)36(32)28-19-8-3-9-20-28/h1-24H. The molecule has 1 aromatic heterocycles. The van der Waals surface area contributed by atoms with E-state index < -0.39 is 0 Å². The minimum absolute atomic E-state index is 1.14. The van der Waals surface area contributed by atoms with E-state index in [1.165, 1.54) is 38.3 Å². The fourth-order valence-corrected chi connectivity index (χ4v) is 5.41.